The van der Waals surface area contributed by atoms with Crippen molar-refractivity contribution in [1.29, 1.82) is 0 Å². The van der Waals surface area contributed by atoms with Crippen molar-refractivity contribution >= 4 is 5.97 Å². The van der Waals surface area contributed by atoms with Gasteiger partial charge in [0.15, 0.2) is 0 Å². The minimum absolute atomic E-state index is 0.141. The van der Waals surface area contributed by atoms with Crippen LogP contribution in [0.1, 0.15) is 18.2 Å². The highest BCUT2D eigenvalue weighted by Gasteiger charge is 2.38. The molecule has 0 aromatic carbocycles. The Kier molecular flexibility index (Phi) is 5.65. The average molecular weight is 295 g/mol. The predicted octanol–water partition coefficient (Wildman–Crippen LogP) is 1.08. The molecule has 2 N–H and O–H groups in total. The fourth-order valence-electron chi connectivity index (χ4n) is 1.23. The second kappa shape index (κ2) is 7.01. The first kappa shape index (κ1) is 16.1. The normalized spacial score (nSPS) is 18.1. The van der Waals surface area contributed by atoms with E-state index >= 15 is 0 Å². The van der Waals surface area contributed by atoms with Crippen LogP contribution < -0.4 is 10.2 Å². The number of alkyl halides is 3. The Morgan fingerprint density at radius 3 is 2.65 bits per heavy atom. The number of nitrogens with zero attached hydrogens (tertiary/aromatic N) is 2. The first-order chi connectivity index (χ1) is 9.34. The molecule has 1 atom stereocenters. The number of ether oxygens (including phenoxy) is 1. The number of hydrogen-bond donors (Lipinski definition) is 2. The van der Waals surface area contributed by atoms with Crippen molar-refractivity contribution in [1.82, 2.24) is 15.4 Å². The van der Waals surface area contributed by atoms with Crippen molar-refractivity contribution in [3.63, 3.8) is 0 Å². The first-order valence-corrected chi connectivity index (χ1v) is 5.38. The molecule has 20 heavy (non-hydrogen) atoms. The van der Waals surface area contributed by atoms with E-state index in [-0.39, 0.29) is 6.04 Å². The summed E-state index contributed by atoms with van der Waals surface area (Å²) < 4.78 is 36.7. The minimum Gasteiger partial charge on any atom is -0.480 e. The zero-order valence-electron chi connectivity index (χ0n) is 10.3. The van der Waals surface area contributed by atoms with Crippen molar-refractivity contribution in [3.8, 4) is 5.88 Å². The van der Waals surface area contributed by atoms with Crippen molar-refractivity contribution in [3.05, 3.63) is 18.1 Å². The summed E-state index contributed by atoms with van der Waals surface area (Å²) in [5.41, 5.74) is 3.72. The van der Waals surface area contributed by atoms with Gasteiger partial charge in [-0.1, -0.05) is 0 Å². The van der Waals surface area contributed by atoms with Gasteiger partial charge in [0.05, 0.1) is 37.8 Å². The van der Waals surface area contributed by atoms with Gasteiger partial charge in [0.1, 0.15) is 0 Å². The van der Waals surface area contributed by atoms with Gasteiger partial charge in [0.2, 0.25) is 5.88 Å². The first-order valence-electron chi connectivity index (χ1n) is 5.38. The smallest absolute Gasteiger partial charge is 0.480 e. The van der Waals surface area contributed by atoms with E-state index in [1.807, 2.05) is 0 Å². The van der Waals surface area contributed by atoms with E-state index in [1.54, 1.807) is 19.5 Å². The molecule has 1 fully saturated rings. The molecule has 0 radical (unpaired) electrons. The Labute approximate surface area is 111 Å². The maximum atomic E-state index is 10.6. The molecule has 7 nitrogen and oxygen atoms in total. The van der Waals surface area contributed by atoms with Crippen molar-refractivity contribution in [2.75, 3.05) is 13.7 Å². The number of nitrogens with one attached hydrogen (secondary N) is 1. The van der Waals surface area contributed by atoms with Crippen molar-refractivity contribution in [2.24, 2.45) is 0 Å². The third-order valence-electron chi connectivity index (χ3n) is 2.17. The summed E-state index contributed by atoms with van der Waals surface area (Å²) in [4.78, 5) is 22.2. The lowest BCUT2D eigenvalue weighted by molar-refractivity contribution is -0.192. The van der Waals surface area contributed by atoms with E-state index in [0.717, 1.165) is 12.1 Å². The summed E-state index contributed by atoms with van der Waals surface area (Å²) in [6.45, 7) is 0.712. The van der Waals surface area contributed by atoms with Gasteiger partial charge in [-0.05, 0) is 6.42 Å². The Morgan fingerprint density at radius 2 is 2.20 bits per heavy atom. The minimum atomic E-state index is -5.08. The zero-order chi connectivity index (χ0) is 15.2. The Bertz CT molecular complexity index is 450. The fourth-order valence-corrected chi connectivity index (χ4v) is 1.23. The molecule has 1 saturated heterocycles. The summed E-state index contributed by atoms with van der Waals surface area (Å²) in [6.07, 6.45) is -0.865. The van der Waals surface area contributed by atoms with E-state index in [0.29, 0.717) is 12.5 Å². The predicted molar refractivity (Wildman–Crippen MR) is 58.7 cm³/mol. The zero-order valence-corrected chi connectivity index (χ0v) is 10.3. The maximum absolute atomic E-state index is 10.6. The number of aliphatic carboxylic acids is 1. The van der Waals surface area contributed by atoms with E-state index in [2.05, 4.69) is 15.4 Å². The summed E-state index contributed by atoms with van der Waals surface area (Å²) in [5.74, 6) is -2.22. The van der Waals surface area contributed by atoms with Gasteiger partial charge < -0.3 is 14.7 Å². The molecular weight excluding hydrogens is 283 g/mol. The van der Waals surface area contributed by atoms with Crippen LogP contribution in [0.25, 0.3) is 0 Å². The van der Waals surface area contributed by atoms with E-state index < -0.39 is 12.1 Å². The standard InChI is InChI=1S/C8H11N3O2.C2HF3O2/c1-12-8-5-9-4-7(10-8)6-2-3-13-11-6;3-2(4,5)1(6)7/h4-6,11H,2-3H2,1H3;(H,6,7)/t6-;/m0./s1. The Balaban J connectivity index is 0.000000246. The lowest BCUT2D eigenvalue weighted by Gasteiger charge is -2.07. The largest absolute Gasteiger partial charge is 0.490 e. The molecule has 1 aliphatic heterocycles. The summed E-state index contributed by atoms with van der Waals surface area (Å²) >= 11 is 0. The van der Waals surface area contributed by atoms with Crippen LogP contribution in [0.2, 0.25) is 0 Å². The van der Waals surface area contributed by atoms with Crippen LogP contribution in [0, 0.1) is 0 Å². The van der Waals surface area contributed by atoms with E-state index in [9.17, 15) is 13.2 Å². The fraction of sp³-hybridized carbons (Fsp3) is 0.500. The molecule has 2 rings (SSSR count). The number of carboxylic acids is 1. The van der Waals surface area contributed by atoms with Crippen LogP contribution in [0.4, 0.5) is 13.2 Å². The number of methoxy groups -OCH3 is 1. The number of halogens is 3. The highest BCUT2D eigenvalue weighted by molar-refractivity contribution is 5.73. The second-order valence-electron chi connectivity index (χ2n) is 3.60. The molecule has 112 valence electrons. The summed E-state index contributed by atoms with van der Waals surface area (Å²) in [5, 5.41) is 7.12. The van der Waals surface area contributed by atoms with Crippen LogP contribution in [0.5, 0.6) is 5.88 Å². The Morgan fingerprint density at radius 1 is 1.55 bits per heavy atom. The highest BCUT2D eigenvalue weighted by Crippen LogP contribution is 2.19. The Hall–Kier alpha value is -1.94. The molecule has 2 heterocycles. The molecule has 0 unspecified atom stereocenters. The number of aromatic nitrogens is 2. The van der Waals surface area contributed by atoms with Crippen molar-refractivity contribution in [2.45, 2.75) is 18.6 Å². The van der Waals surface area contributed by atoms with Gasteiger partial charge in [-0.2, -0.15) is 18.7 Å². The lowest BCUT2D eigenvalue weighted by Crippen LogP contribution is -2.21. The third-order valence-corrected chi connectivity index (χ3v) is 2.17. The monoisotopic (exact) mass is 295 g/mol. The quantitative estimate of drug-likeness (QED) is 0.843. The molecule has 0 aliphatic carbocycles. The molecule has 1 aliphatic rings. The summed E-state index contributed by atoms with van der Waals surface area (Å²) in [7, 11) is 1.58. The van der Waals surface area contributed by atoms with Crippen LogP contribution in [-0.4, -0.2) is 40.9 Å². The second-order valence-corrected chi connectivity index (χ2v) is 3.60. The van der Waals surface area contributed by atoms with Gasteiger partial charge in [-0.3, -0.25) is 4.98 Å². The number of carboxylic acid groups (broad SMARTS) is 1. The number of hydroxylamine groups is 1. The van der Waals surface area contributed by atoms with E-state index in [4.69, 9.17) is 19.5 Å². The molecular formula is C10H12F3N3O4. The molecule has 0 saturated carbocycles. The molecule has 1 aromatic heterocycles. The van der Waals surface area contributed by atoms with Gasteiger partial charge >= 0.3 is 12.1 Å². The highest BCUT2D eigenvalue weighted by atomic mass is 19.4. The molecule has 0 bridgehead atoms. The summed E-state index contributed by atoms with van der Waals surface area (Å²) in [6, 6.07) is 0.141. The van der Waals surface area contributed by atoms with Gasteiger partial charge in [0, 0.05) is 0 Å². The lowest BCUT2D eigenvalue weighted by atomic mass is 10.2. The van der Waals surface area contributed by atoms with Crippen LogP contribution in [0.15, 0.2) is 12.4 Å². The van der Waals surface area contributed by atoms with Gasteiger partial charge in [-0.25, -0.2) is 9.78 Å². The van der Waals surface area contributed by atoms with Crippen LogP contribution >= 0.6 is 0 Å². The topological polar surface area (TPSA) is 93.6 Å². The molecule has 0 spiro atoms. The molecule has 0 amide bonds. The molecule has 10 heteroatoms. The van der Waals surface area contributed by atoms with Crippen LogP contribution in [0.3, 0.4) is 0 Å². The molecule has 1 aromatic rings. The number of hydrogen-bond acceptors (Lipinski definition) is 6. The van der Waals surface area contributed by atoms with Gasteiger partial charge in [0.25, 0.3) is 0 Å². The van der Waals surface area contributed by atoms with Crippen LogP contribution in [-0.2, 0) is 9.63 Å². The van der Waals surface area contributed by atoms with E-state index in [1.165, 1.54) is 0 Å². The third kappa shape index (κ3) is 4.97. The number of carbonyl (C=O) groups is 1. The van der Waals surface area contributed by atoms with Crippen molar-refractivity contribution < 1.29 is 32.6 Å². The average Bonchev–Trinajstić information content (AvgIpc) is 2.92. The maximum Gasteiger partial charge on any atom is 0.490 e. The number of rotatable bonds is 2. The SMILES string of the molecule is COc1cncc([C@@H]2CCON2)n1.O=C(O)C(F)(F)F. The van der Waals surface area contributed by atoms with Gasteiger partial charge in [-0.15, -0.1) is 0 Å².